The molecule has 1 N–H and O–H groups in total. The maximum Gasteiger partial charge on any atom is 0.417 e. The fourth-order valence-electron chi connectivity index (χ4n) is 3.49. The number of nitrogens with zero attached hydrogens (tertiary/aromatic N) is 1. The minimum atomic E-state index is -4.77. The fraction of sp³-hybridized carbons (Fsp3) is 0.381. The topological polar surface area (TPSA) is 66.5 Å². The molecular formula is C21H23F3N2O3S. The number of carbonyl (C=O) groups excluding carboxylic acids is 1. The molecule has 0 spiro atoms. The zero-order chi connectivity index (χ0) is 21.9. The number of rotatable bonds is 5. The van der Waals surface area contributed by atoms with Crippen molar-refractivity contribution < 1.29 is 26.4 Å². The van der Waals surface area contributed by atoms with Gasteiger partial charge >= 0.3 is 6.18 Å². The van der Waals surface area contributed by atoms with Crippen LogP contribution in [0.5, 0.6) is 0 Å². The number of piperidine rings is 1. The maximum absolute atomic E-state index is 13.2. The molecule has 0 aliphatic carbocycles. The smallest absolute Gasteiger partial charge is 0.326 e. The van der Waals surface area contributed by atoms with E-state index in [0.717, 1.165) is 34.5 Å². The summed E-state index contributed by atoms with van der Waals surface area (Å²) in [6, 6.07) is 11.6. The van der Waals surface area contributed by atoms with Gasteiger partial charge in [0, 0.05) is 24.7 Å². The third-order valence-corrected chi connectivity index (χ3v) is 7.22. The van der Waals surface area contributed by atoms with E-state index in [0.29, 0.717) is 5.69 Å². The first-order valence-corrected chi connectivity index (χ1v) is 11.1. The van der Waals surface area contributed by atoms with Gasteiger partial charge in [0.2, 0.25) is 15.9 Å². The number of halogens is 3. The molecule has 2 aromatic rings. The molecule has 0 unspecified atom stereocenters. The molecule has 3 rings (SSSR count). The standard InChI is InChI=1S/C21H23F3N2O3S/c1-2-15-7-9-17(10-8-15)25-20(27)16-11-13-26(14-12-16)30(28,29)19-6-4-3-5-18(19)21(22,23)24/h3-10,16H,2,11-14H2,1H3,(H,25,27). The Kier molecular flexibility index (Phi) is 6.52. The lowest BCUT2D eigenvalue weighted by Crippen LogP contribution is -2.41. The number of sulfonamides is 1. The van der Waals surface area contributed by atoms with Gasteiger partial charge in [0.25, 0.3) is 0 Å². The number of hydrogen-bond acceptors (Lipinski definition) is 3. The summed E-state index contributed by atoms with van der Waals surface area (Å²) in [6.07, 6.45) is -3.40. The zero-order valence-corrected chi connectivity index (χ0v) is 17.3. The van der Waals surface area contributed by atoms with Crippen molar-refractivity contribution in [1.82, 2.24) is 4.31 Å². The van der Waals surface area contributed by atoms with Crippen molar-refractivity contribution in [3.8, 4) is 0 Å². The molecule has 0 saturated carbocycles. The lowest BCUT2D eigenvalue weighted by Gasteiger charge is -2.31. The first-order valence-electron chi connectivity index (χ1n) is 9.69. The van der Waals surface area contributed by atoms with E-state index in [4.69, 9.17) is 0 Å². The second kappa shape index (κ2) is 8.77. The van der Waals surface area contributed by atoms with Crippen molar-refractivity contribution in [1.29, 1.82) is 0 Å². The van der Waals surface area contributed by atoms with Crippen LogP contribution in [-0.2, 0) is 27.4 Å². The molecule has 2 aromatic carbocycles. The highest BCUT2D eigenvalue weighted by Crippen LogP contribution is 2.36. The Hall–Kier alpha value is -2.39. The van der Waals surface area contributed by atoms with Gasteiger partial charge in [-0.2, -0.15) is 17.5 Å². The van der Waals surface area contributed by atoms with Crippen LogP contribution >= 0.6 is 0 Å². The number of nitrogens with one attached hydrogen (secondary N) is 1. The summed E-state index contributed by atoms with van der Waals surface area (Å²) < 4.78 is 66.3. The van der Waals surface area contributed by atoms with Gasteiger partial charge in [-0.3, -0.25) is 4.79 Å². The molecule has 1 aliphatic heterocycles. The Labute approximate surface area is 173 Å². The van der Waals surface area contributed by atoms with E-state index in [1.54, 1.807) is 0 Å². The monoisotopic (exact) mass is 440 g/mol. The molecule has 1 saturated heterocycles. The Bertz CT molecular complexity index is 997. The number of carbonyl (C=O) groups is 1. The highest BCUT2D eigenvalue weighted by molar-refractivity contribution is 7.89. The summed E-state index contributed by atoms with van der Waals surface area (Å²) in [6.45, 7) is 2.01. The molecule has 30 heavy (non-hydrogen) atoms. The Balaban J connectivity index is 1.67. The molecule has 0 aromatic heterocycles. The Morgan fingerprint density at radius 3 is 2.23 bits per heavy atom. The van der Waals surface area contributed by atoms with E-state index in [-0.39, 0.29) is 31.8 Å². The van der Waals surface area contributed by atoms with Crippen LogP contribution in [0.2, 0.25) is 0 Å². The molecule has 9 heteroatoms. The van der Waals surface area contributed by atoms with Gasteiger partial charge in [-0.05, 0) is 49.1 Å². The van der Waals surface area contributed by atoms with Gasteiger partial charge in [-0.15, -0.1) is 0 Å². The van der Waals surface area contributed by atoms with Crippen molar-refractivity contribution in [2.24, 2.45) is 5.92 Å². The quantitative estimate of drug-likeness (QED) is 0.754. The first-order chi connectivity index (χ1) is 14.1. The number of anilines is 1. The second-order valence-corrected chi connectivity index (χ2v) is 9.12. The average Bonchev–Trinajstić information content (AvgIpc) is 2.74. The molecule has 162 valence electrons. The van der Waals surface area contributed by atoms with Crippen LogP contribution in [-0.4, -0.2) is 31.7 Å². The van der Waals surface area contributed by atoms with Crippen LogP contribution in [0.3, 0.4) is 0 Å². The van der Waals surface area contributed by atoms with Gasteiger partial charge in [-0.1, -0.05) is 31.2 Å². The largest absolute Gasteiger partial charge is 0.417 e. The van der Waals surface area contributed by atoms with E-state index in [1.807, 2.05) is 31.2 Å². The van der Waals surface area contributed by atoms with Crippen LogP contribution < -0.4 is 5.32 Å². The van der Waals surface area contributed by atoms with E-state index in [1.165, 1.54) is 6.07 Å². The van der Waals surface area contributed by atoms with Crippen molar-refractivity contribution in [3.05, 3.63) is 59.7 Å². The van der Waals surface area contributed by atoms with Crippen LogP contribution in [0.25, 0.3) is 0 Å². The van der Waals surface area contributed by atoms with Crippen LogP contribution in [0.15, 0.2) is 53.4 Å². The van der Waals surface area contributed by atoms with Crippen molar-refractivity contribution in [3.63, 3.8) is 0 Å². The van der Waals surface area contributed by atoms with E-state index < -0.39 is 32.6 Å². The minimum Gasteiger partial charge on any atom is -0.326 e. The van der Waals surface area contributed by atoms with E-state index in [9.17, 15) is 26.4 Å². The van der Waals surface area contributed by atoms with E-state index in [2.05, 4.69) is 5.32 Å². The van der Waals surface area contributed by atoms with Crippen LogP contribution in [0.1, 0.15) is 30.9 Å². The number of alkyl halides is 3. The third-order valence-electron chi connectivity index (χ3n) is 5.26. The minimum absolute atomic E-state index is 0.0125. The van der Waals surface area contributed by atoms with Crippen LogP contribution in [0, 0.1) is 5.92 Å². The third kappa shape index (κ3) is 4.84. The van der Waals surface area contributed by atoms with Gasteiger partial charge in [-0.25, -0.2) is 8.42 Å². The molecule has 0 bridgehead atoms. The highest BCUT2D eigenvalue weighted by atomic mass is 32.2. The highest BCUT2D eigenvalue weighted by Gasteiger charge is 2.40. The van der Waals surface area contributed by atoms with Crippen molar-refractivity contribution in [2.45, 2.75) is 37.3 Å². The predicted molar refractivity (Wildman–Crippen MR) is 107 cm³/mol. The molecule has 1 heterocycles. The first kappa shape index (κ1) is 22.3. The molecule has 0 radical (unpaired) electrons. The van der Waals surface area contributed by atoms with Crippen LogP contribution in [0.4, 0.5) is 18.9 Å². The zero-order valence-electron chi connectivity index (χ0n) is 16.4. The van der Waals surface area contributed by atoms with E-state index >= 15 is 0 Å². The number of benzene rings is 2. The molecule has 0 atom stereocenters. The number of hydrogen-bond donors (Lipinski definition) is 1. The van der Waals surface area contributed by atoms with Gasteiger partial charge in [0.15, 0.2) is 0 Å². The molecule has 1 fully saturated rings. The molecule has 5 nitrogen and oxygen atoms in total. The fourth-order valence-corrected chi connectivity index (χ4v) is 5.17. The predicted octanol–water partition coefficient (Wildman–Crippen LogP) is 4.31. The number of amides is 1. The average molecular weight is 440 g/mol. The summed E-state index contributed by atoms with van der Waals surface area (Å²) >= 11 is 0. The van der Waals surface area contributed by atoms with Gasteiger partial charge in [0.1, 0.15) is 0 Å². The molecular weight excluding hydrogens is 417 g/mol. The van der Waals surface area contributed by atoms with Crippen molar-refractivity contribution >= 4 is 21.6 Å². The summed E-state index contributed by atoms with van der Waals surface area (Å²) in [7, 11) is -4.31. The maximum atomic E-state index is 13.2. The second-order valence-electron chi connectivity index (χ2n) is 7.21. The lowest BCUT2D eigenvalue weighted by atomic mass is 9.97. The SMILES string of the molecule is CCc1ccc(NC(=O)C2CCN(S(=O)(=O)c3ccccc3C(F)(F)F)CC2)cc1. The van der Waals surface area contributed by atoms with Gasteiger partial charge < -0.3 is 5.32 Å². The summed E-state index contributed by atoms with van der Waals surface area (Å²) in [5, 5.41) is 2.82. The Morgan fingerprint density at radius 2 is 1.67 bits per heavy atom. The Morgan fingerprint density at radius 1 is 1.07 bits per heavy atom. The van der Waals surface area contributed by atoms with Crippen molar-refractivity contribution in [2.75, 3.05) is 18.4 Å². The number of aryl methyl sites for hydroxylation is 1. The summed E-state index contributed by atoms with van der Waals surface area (Å²) in [5.74, 6) is -0.618. The lowest BCUT2D eigenvalue weighted by molar-refractivity contribution is -0.139. The normalized spacial score (nSPS) is 16.4. The van der Waals surface area contributed by atoms with Gasteiger partial charge in [0.05, 0.1) is 10.5 Å². The summed E-state index contributed by atoms with van der Waals surface area (Å²) in [4.78, 5) is 11.8. The summed E-state index contributed by atoms with van der Waals surface area (Å²) in [5.41, 5.74) is 0.623. The molecule has 1 amide bonds. The molecule has 1 aliphatic rings.